The van der Waals surface area contributed by atoms with Crippen molar-refractivity contribution in [3.63, 3.8) is 0 Å². The first-order chi connectivity index (χ1) is 8.58. The molecule has 0 aliphatic carbocycles. The van der Waals surface area contributed by atoms with E-state index in [9.17, 15) is 9.59 Å². The van der Waals surface area contributed by atoms with Crippen LogP contribution in [-0.4, -0.2) is 35.0 Å². The number of carboxylic acids is 1. The highest BCUT2D eigenvalue weighted by atomic mass is 16.4. The lowest BCUT2D eigenvalue weighted by Gasteiger charge is -2.19. The molecule has 18 heavy (non-hydrogen) atoms. The maximum atomic E-state index is 12.0. The molecular weight excluding hydrogens is 232 g/mol. The molecule has 0 aliphatic heterocycles. The van der Waals surface area contributed by atoms with Crippen LogP contribution >= 0.6 is 0 Å². The lowest BCUT2D eigenvalue weighted by molar-refractivity contribution is -0.144. The van der Waals surface area contributed by atoms with Crippen molar-refractivity contribution >= 4 is 11.9 Å². The van der Waals surface area contributed by atoms with Gasteiger partial charge in [-0.2, -0.15) is 0 Å². The minimum atomic E-state index is -1.00. The zero-order valence-corrected chi connectivity index (χ0v) is 10.4. The number of nitrogens with zero attached hydrogens (tertiary/aromatic N) is 1. The molecule has 1 rings (SSSR count). The number of carbonyl (C=O) groups excluding carboxylic acids is 1. The summed E-state index contributed by atoms with van der Waals surface area (Å²) < 4.78 is 0. The topological polar surface area (TPSA) is 83.6 Å². The van der Waals surface area contributed by atoms with Gasteiger partial charge in [-0.1, -0.05) is 24.3 Å². The van der Waals surface area contributed by atoms with Crippen LogP contribution in [0.25, 0.3) is 0 Å². The largest absolute Gasteiger partial charge is 0.480 e. The third-order valence-corrected chi connectivity index (χ3v) is 2.74. The lowest BCUT2D eigenvalue weighted by atomic mass is 10.0. The zero-order valence-electron chi connectivity index (χ0n) is 10.4. The van der Waals surface area contributed by atoms with Gasteiger partial charge in [0.05, 0.1) is 6.42 Å². The van der Waals surface area contributed by atoms with E-state index in [4.69, 9.17) is 10.8 Å². The Morgan fingerprint density at radius 1 is 1.28 bits per heavy atom. The van der Waals surface area contributed by atoms with Gasteiger partial charge in [0.25, 0.3) is 0 Å². The summed E-state index contributed by atoms with van der Waals surface area (Å²) in [6, 6.07) is 7.42. The summed E-state index contributed by atoms with van der Waals surface area (Å²) in [7, 11) is 0. The van der Waals surface area contributed by atoms with Crippen LogP contribution in [-0.2, 0) is 22.6 Å². The third-order valence-electron chi connectivity index (χ3n) is 2.74. The van der Waals surface area contributed by atoms with Crippen molar-refractivity contribution in [3.8, 4) is 0 Å². The average molecular weight is 250 g/mol. The number of likely N-dealkylation sites (N-methyl/N-ethyl adjacent to an activating group) is 1. The van der Waals surface area contributed by atoms with Gasteiger partial charge in [-0.3, -0.25) is 9.59 Å². The number of nitrogens with two attached hydrogens (primary N) is 1. The molecule has 98 valence electrons. The highest BCUT2D eigenvalue weighted by Gasteiger charge is 2.16. The van der Waals surface area contributed by atoms with Crippen molar-refractivity contribution in [3.05, 3.63) is 35.4 Å². The van der Waals surface area contributed by atoms with Crippen molar-refractivity contribution in [2.24, 2.45) is 5.73 Å². The number of aliphatic carboxylic acids is 1. The van der Waals surface area contributed by atoms with E-state index in [1.165, 1.54) is 4.90 Å². The fourth-order valence-corrected chi connectivity index (χ4v) is 1.74. The summed E-state index contributed by atoms with van der Waals surface area (Å²) in [6.07, 6.45) is 0.189. The lowest BCUT2D eigenvalue weighted by Crippen LogP contribution is -2.36. The molecule has 0 spiro atoms. The van der Waals surface area contributed by atoms with Crippen LogP contribution in [0.1, 0.15) is 18.1 Å². The molecule has 0 heterocycles. The van der Waals surface area contributed by atoms with Crippen molar-refractivity contribution in [2.75, 3.05) is 13.1 Å². The van der Waals surface area contributed by atoms with Crippen LogP contribution in [0.15, 0.2) is 24.3 Å². The molecule has 0 atom stereocenters. The van der Waals surface area contributed by atoms with Crippen LogP contribution in [0.4, 0.5) is 0 Å². The number of hydrogen-bond donors (Lipinski definition) is 2. The molecule has 0 fully saturated rings. The van der Waals surface area contributed by atoms with Crippen molar-refractivity contribution < 1.29 is 14.7 Å². The first-order valence-electron chi connectivity index (χ1n) is 5.84. The Balaban J connectivity index is 2.76. The molecule has 0 aromatic heterocycles. The molecule has 0 saturated carbocycles. The van der Waals surface area contributed by atoms with E-state index in [2.05, 4.69) is 0 Å². The predicted octanol–water partition coefficient (Wildman–Crippen LogP) is 0.621. The monoisotopic (exact) mass is 250 g/mol. The van der Waals surface area contributed by atoms with E-state index in [1.807, 2.05) is 24.3 Å². The molecule has 0 saturated heterocycles. The Kier molecular flexibility index (Phi) is 5.32. The number of rotatable bonds is 6. The fraction of sp³-hybridized carbons (Fsp3) is 0.385. The maximum Gasteiger partial charge on any atom is 0.323 e. The maximum absolute atomic E-state index is 12.0. The molecule has 0 radical (unpaired) electrons. The number of benzene rings is 1. The van der Waals surface area contributed by atoms with Crippen LogP contribution in [0.2, 0.25) is 0 Å². The molecule has 5 nitrogen and oxygen atoms in total. The molecular formula is C13H18N2O3. The summed E-state index contributed by atoms with van der Waals surface area (Å²) in [4.78, 5) is 23.9. The highest BCUT2D eigenvalue weighted by molar-refractivity contribution is 5.83. The van der Waals surface area contributed by atoms with Gasteiger partial charge in [0.1, 0.15) is 6.54 Å². The van der Waals surface area contributed by atoms with E-state index in [1.54, 1.807) is 6.92 Å². The van der Waals surface area contributed by atoms with Crippen LogP contribution < -0.4 is 5.73 Å². The molecule has 3 N–H and O–H groups in total. The first kappa shape index (κ1) is 14.2. The molecule has 1 aromatic carbocycles. The van der Waals surface area contributed by atoms with Crippen LogP contribution in [0.3, 0.4) is 0 Å². The second-order valence-corrected chi connectivity index (χ2v) is 3.95. The van der Waals surface area contributed by atoms with Gasteiger partial charge in [-0.05, 0) is 18.1 Å². The Labute approximate surface area is 106 Å². The second-order valence-electron chi connectivity index (χ2n) is 3.95. The van der Waals surface area contributed by atoms with Gasteiger partial charge in [-0.15, -0.1) is 0 Å². The Hall–Kier alpha value is -1.88. The van der Waals surface area contributed by atoms with E-state index >= 15 is 0 Å². The number of amides is 1. The van der Waals surface area contributed by atoms with Gasteiger partial charge in [0, 0.05) is 13.1 Å². The smallest absolute Gasteiger partial charge is 0.323 e. The molecule has 1 amide bonds. The third kappa shape index (κ3) is 3.85. The van der Waals surface area contributed by atoms with E-state index in [0.29, 0.717) is 13.1 Å². The van der Waals surface area contributed by atoms with Crippen molar-refractivity contribution in [1.82, 2.24) is 4.90 Å². The van der Waals surface area contributed by atoms with E-state index in [0.717, 1.165) is 11.1 Å². The zero-order chi connectivity index (χ0) is 13.5. The normalized spacial score (nSPS) is 10.1. The van der Waals surface area contributed by atoms with Gasteiger partial charge < -0.3 is 15.7 Å². The minimum Gasteiger partial charge on any atom is -0.480 e. The Morgan fingerprint density at radius 2 is 1.89 bits per heavy atom. The van der Waals surface area contributed by atoms with Crippen molar-refractivity contribution in [1.29, 1.82) is 0 Å². The summed E-state index contributed by atoms with van der Waals surface area (Å²) in [5.41, 5.74) is 7.37. The van der Waals surface area contributed by atoms with Gasteiger partial charge >= 0.3 is 5.97 Å². The molecule has 0 aliphatic rings. The van der Waals surface area contributed by atoms with E-state index < -0.39 is 5.97 Å². The van der Waals surface area contributed by atoms with Gasteiger partial charge in [0.2, 0.25) is 5.91 Å². The SMILES string of the molecule is CCN(CC(=O)O)C(=O)Cc1ccccc1CN. The number of carboxylic acid groups (broad SMARTS) is 1. The van der Waals surface area contributed by atoms with E-state index in [-0.39, 0.29) is 18.9 Å². The summed E-state index contributed by atoms with van der Waals surface area (Å²) in [5.74, 6) is -1.20. The van der Waals surface area contributed by atoms with Crippen LogP contribution in [0, 0.1) is 0 Å². The molecule has 0 bridgehead atoms. The van der Waals surface area contributed by atoms with Gasteiger partial charge in [0.15, 0.2) is 0 Å². The van der Waals surface area contributed by atoms with Crippen LogP contribution in [0.5, 0.6) is 0 Å². The fourth-order valence-electron chi connectivity index (χ4n) is 1.74. The predicted molar refractivity (Wildman–Crippen MR) is 67.9 cm³/mol. The standard InChI is InChI=1S/C13H18N2O3/c1-2-15(9-13(17)18)12(16)7-10-5-3-4-6-11(10)8-14/h3-6H,2,7-9,14H2,1H3,(H,17,18). The summed E-state index contributed by atoms with van der Waals surface area (Å²) in [5, 5.41) is 8.72. The Bertz CT molecular complexity index is 432. The number of carbonyl (C=O) groups is 2. The first-order valence-corrected chi connectivity index (χ1v) is 5.84. The number of hydrogen-bond acceptors (Lipinski definition) is 3. The second kappa shape index (κ2) is 6.76. The average Bonchev–Trinajstić information content (AvgIpc) is 2.36. The molecule has 0 unspecified atom stereocenters. The minimum absolute atomic E-state index is 0.189. The Morgan fingerprint density at radius 3 is 2.39 bits per heavy atom. The van der Waals surface area contributed by atoms with Gasteiger partial charge in [-0.25, -0.2) is 0 Å². The highest BCUT2D eigenvalue weighted by Crippen LogP contribution is 2.10. The van der Waals surface area contributed by atoms with Crippen molar-refractivity contribution in [2.45, 2.75) is 19.9 Å². The quantitative estimate of drug-likeness (QED) is 0.775. The summed E-state index contributed by atoms with van der Waals surface area (Å²) in [6.45, 7) is 2.25. The molecule has 1 aromatic rings. The summed E-state index contributed by atoms with van der Waals surface area (Å²) >= 11 is 0. The molecule has 5 heteroatoms.